The Morgan fingerprint density at radius 2 is 2.56 bits per heavy atom. The normalized spacial score (nSPS) is 9.56. The standard InChI is InChI=1S/C6H11N3/c1-2-9(7)6-4-3-5-8-6/h3-5,8H,2,7H2,1H3. The fourth-order valence-electron chi connectivity index (χ4n) is 0.670. The van der Waals surface area contributed by atoms with Crippen LogP contribution in [0.4, 0.5) is 5.82 Å². The predicted molar refractivity (Wildman–Crippen MR) is 38.0 cm³/mol. The number of nitrogens with one attached hydrogen (secondary N) is 1. The van der Waals surface area contributed by atoms with Crippen LogP contribution in [0.1, 0.15) is 6.92 Å². The molecule has 1 aromatic rings. The highest BCUT2D eigenvalue weighted by Crippen LogP contribution is 2.03. The molecule has 0 bridgehead atoms. The Kier molecular flexibility index (Phi) is 1.75. The predicted octanol–water partition coefficient (Wildman–Crippen LogP) is 0.715. The molecule has 50 valence electrons. The van der Waals surface area contributed by atoms with Crippen molar-refractivity contribution >= 4 is 5.82 Å². The molecule has 0 radical (unpaired) electrons. The number of aromatic amines is 1. The molecule has 0 amide bonds. The average molecular weight is 125 g/mol. The number of hydrazine groups is 1. The third-order valence-electron chi connectivity index (χ3n) is 1.23. The van der Waals surface area contributed by atoms with Crippen LogP contribution in [-0.2, 0) is 0 Å². The van der Waals surface area contributed by atoms with Gasteiger partial charge in [0.05, 0.1) is 0 Å². The molecule has 9 heavy (non-hydrogen) atoms. The van der Waals surface area contributed by atoms with Crippen molar-refractivity contribution in [2.75, 3.05) is 11.6 Å². The summed E-state index contributed by atoms with van der Waals surface area (Å²) in [5.74, 6) is 6.50. The van der Waals surface area contributed by atoms with Crippen LogP contribution < -0.4 is 10.9 Å². The number of hydrogen-bond acceptors (Lipinski definition) is 2. The van der Waals surface area contributed by atoms with Crippen molar-refractivity contribution in [2.24, 2.45) is 5.84 Å². The minimum Gasteiger partial charge on any atom is -0.347 e. The number of aromatic nitrogens is 1. The Hall–Kier alpha value is -0.960. The van der Waals surface area contributed by atoms with E-state index in [0.29, 0.717) is 0 Å². The second-order valence-electron chi connectivity index (χ2n) is 1.84. The maximum atomic E-state index is 5.54. The van der Waals surface area contributed by atoms with Gasteiger partial charge in [-0.2, -0.15) is 0 Å². The van der Waals surface area contributed by atoms with Crippen molar-refractivity contribution in [3.05, 3.63) is 18.3 Å². The zero-order chi connectivity index (χ0) is 6.69. The number of nitrogens with two attached hydrogens (primary N) is 1. The van der Waals surface area contributed by atoms with E-state index in [0.717, 1.165) is 12.4 Å². The summed E-state index contributed by atoms with van der Waals surface area (Å²) < 4.78 is 0. The Balaban J connectivity index is 2.65. The van der Waals surface area contributed by atoms with Crippen LogP contribution >= 0.6 is 0 Å². The SMILES string of the molecule is CCN(N)c1ccc[nH]1. The van der Waals surface area contributed by atoms with E-state index in [1.54, 1.807) is 5.01 Å². The molecular weight excluding hydrogens is 114 g/mol. The zero-order valence-electron chi connectivity index (χ0n) is 5.46. The first kappa shape index (κ1) is 6.16. The lowest BCUT2D eigenvalue weighted by Gasteiger charge is -2.12. The van der Waals surface area contributed by atoms with Gasteiger partial charge in [0.25, 0.3) is 0 Å². The lowest BCUT2D eigenvalue weighted by atomic mass is 10.6. The van der Waals surface area contributed by atoms with Crippen molar-refractivity contribution in [1.29, 1.82) is 0 Å². The van der Waals surface area contributed by atoms with Gasteiger partial charge in [-0.25, -0.2) is 5.84 Å². The Bertz CT molecular complexity index is 157. The van der Waals surface area contributed by atoms with E-state index in [1.807, 2.05) is 25.3 Å². The molecule has 0 unspecified atom stereocenters. The molecule has 0 aliphatic rings. The fourth-order valence-corrected chi connectivity index (χ4v) is 0.670. The van der Waals surface area contributed by atoms with Crippen molar-refractivity contribution < 1.29 is 0 Å². The van der Waals surface area contributed by atoms with Crippen molar-refractivity contribution in [3.63, 3.8) is 0 Å². The number of nitrogens with zero attached hydrogens (tertiary/aromatic N) is 1. The molecule has 0 saturated carbocycles. The highest BCUT2D eigenvalue weighted by atomic mass is 15.4. The van der Waals surface area contributed by atoms with Gasteiger partial charge in [-0.05, 0) is 19.1 Å². The molecule has 0 spiro atoms. The molecular formula is C6H11N3. The number of anilines is 1. The van der Waals surface area contributed by atoms with E-state index in [4.69, 9.17) is 5.84 Å². The second-order valence-corrected chi connectivity index (χ2v) is 1.84. The van der Waals surface area contributed by atoms with Gasteiger partial charge in [0.1, 0.15) is 5.82 Å². The van der Waals surface area contributed by atoms with E-state index in [9.17, 15) is 0 Å². The minimum atomic E-state index is 0.820. The van der Waals surface area contributed by atoms with Gasteiger partial charge in [0.2, 0.25) is 0 Å². The van der Waals surface area contributed by atoms with Crippen molar-refractivity contribution in [1.82, 2.24) is 4.98 Å². The molecule has 1 heterocycles. The largest absolute Gasteiger partial charge is 0.347 e. The average Bonchev–Trinajstić information content (AvgIpc) is 2.37. The van der Waals surface area contributed by atoms with Crippen LogP contribution in [0.3, 0.4) is 0 Å². The first-order chi connectivity index (χ1) is 4.34. The number of rotatable bonds is 2. The van der Waals surface area contributed by atoms with Crippen LogP contribution in [0.15, 0.2) is 18.3 Å². The van der Waals surface area contributed by atoms with Crippen LogP contribution in [0.5, 0.6) is 0 Å². The van der Waals surface area contributed by atoms with Crippen LogP contribution in [0, 0.1) is 0 Å². The number of hydrogen-bond donors (Lipinski definition) is 2. The summed E-state index contributed by atoms with van der Waals surface area (Å²) in [6.45, 7) is 2.82. The molecule has 0 fully saturated rings. The molecule has 0 saturated heterocycles. The molecule has 3 N–H and O–H groups in total. The van der Waals surface area contributed by atoms with Crippen molar-refractivity contribution in [3.8, 4) is 0 Å². The second kappa shape index (κ2) is 2.55. The first-order valence-corrected chi connectivity index (χ1v) is 3.00. The summed E-state index contributed by atoms with van der Waals surface area (Å²) in [7, 11) is 0. The molecule has 3 nitrogen and oxygen atoms in total. The molecule has 1 rings (SSSR count). The molecule has 1 aromatic heterocycles. The first-order valence-electron chi connectivity index (χ1n) is 3.00. The smallest absolute Gasteiger partial charge is 0.120 e. The van der Waals surface area contributed by atoms with Gasteiger partial charge in [-0.1, -0.05) is 0 Å². The van der Waals surface area contributed by atoms with Gasteiger partial charge in [-0.15, -0.1) is 0 Å². The minimum absolute atomic E-state index is 0.820. The molecule has 0 aliphatic heterocycles. The van der Waals surface area contributed by atoms with Gasteiger partial charge in [-0.3, -0.25) is 5.01 Å². The third-order valence-corrected chi connectivity index (χ3v) is 1.23. The van der Waals surface area contributed by atoms with E-state index >= 15 is 0 Å². The van der Waals surface area contributed by atoms with Gasteiger partial charge in [0.15, 0.2) is 0 Å². The summed E-state index contributed by atoms with van der Waals surface area (Å²) in [4.78, 5) is 2.99. The summed E-state index contributed by atoms with van der Waals surface area (Å²) >= 11 is 0. The molecule has 3 heteroatoms. The van der Waals surface area contributed by atoms with Gasteiger partial charge in [0, 0.05) is 12.7 Å². The molecule has 0 aliphatic carbocycles. The van der Waals surface area contributed by atoms with Crippen LogP contribution in [0.25, 0.3) is 0 Å². The summed E-state index contributed by atoms with van der Waals surface area (Å²) in [6.07, 6.45) is 1.85. The van der Waals surface area contributed by atoms with Gasteiger partial charge >= 0.3 is 0 Å². The highest BCUT2D eigenvalue weighted by Gasteiger charge is 1.94. The summed E-state index contributed by atoms with van der Waals surface area (Å²) in [5, 5.41) is 1.65. The maximum Gasteiger partial charge on any atom is 0.120 e. The maximum absolute atomic E-state index is 5.54. The van der Waals surface area contributed by atoms with Gasteiger partial charge < -0.3 is 4.98 Å². The highest BCUT2D eigenvalue weighted by molar-refractivity contribution is 5.35. The zero-order valence-corrected chi connectivity index (χ0v) is 5.46. The molecule has 0 atom stereocenters. The summed E-state index contributed by atoms with van der Waals surface area (Å²) in [5.41, 5.74) is 0. The van der Waals surface area contributed by atoms with Crippen LogP contribution in [-0.4, -0.2) is 11.5 Å². The Labute approximate surface area is 54.4 Å². The molecule has 0 aromatic carbocycles. The van der Waals surface area contributed by atoms with E-state index < -0.39 is 0 Å². The van der Waals surface area contributed by atoms with E-state index in [1.165, 1.54) is 0 Å². The topological polar surface area (TPSA) is 45.0 Å². The lowest BCUT2D eigenvalue weighted by Crippen LogP contribution is -2.30. The monoisotopic (exact) mass is 125 g/mol. The number of H-pyrrole nitrogens is 1. The Morgan fingerprint density at radius 3 is 3.00 bits per heavy atom. The van der Waals surface area contributed by atoms with E-state index in [2.05, 4.69) is 4.98 Å². The fraction of sp³-hybridized carbons (Fsp3) is 0.333. The van der Waals surface area contributed by atoms with E-state index in [-0.39, 0.29) is 0 Å². The van der Waals surface area contributed by atoms with Crippen LogP contribution in [0.2, 0.25) is 0 Å². The quantitative estimate of drug-likeness (QED) is 0.451. The third kappa shape index (κ3) is 1.23. The van der Waals surface area contributed by atoms with Crippen molar-refractivity contribution in [2.45, 2.75) is 6.92 Å². The lowest BCUT2D eigenvalue weighted by molar-refractivity contribution is 0.874. The summed E-state index contributed by atoms with van der Waals surface area (Å²) in [6, 6.07) is 3.86. The Morgan fingerprint density at radius 1 is 1.78 bits per heavy atom.